The summed E-state index contributed by atoms with van der Waals surface area (Å²) in [5.41, 5.74) is 2.17. The first kappa shape index (κ1) is 17.9. The number of H-pyrrole nitrogens is 1. The summed E-state index contributed by atoms with van der Waals surface area (Å²) >= 11 is 8.96. The minimum Gasteiger partial charge on any atom is -0.497 e. The first-order chi connectivity index (χ1) is 13.1. The number of nitrogens with zero attached hydrogens (tertiary/aromatic N) is 2. The maximum absolute atomic E-state index is 5.48. The molecule has 4 rings (SSSR count). The van der Waals surface area contributed by atoms with Crippen molar-refractivity contribution in [1.29, 1.82) is 0 Å². The largest absolute Gasteiger partial charge is 0.497 e. The summed E-state index contributed by atoms with van der Waals surface area (Å²) < 4.78 is 8.92. The maximum Gasteiger partial charge on any atom is 0.199 e. The van der Waals surface area contributed by atoms with Crippen LogP contribution in [0.4, 0.5) is 0 Å². The molecule has 0 radical (unpaired) electrons. The fourth-order valence-corrected chi connectivity index (χ4v) is 3.74. The number of nitrogens with one attached hydrogen (secondary N) is 1. The molecule has 0 aliphatic rings. The number of ether oxygens (including phenoxy) is 1. The van der Waals surface area contributed by atoms with Gasteiger partial charge in [0.2, 0.25) is 0 Å². The monoisotopic (exact) mass is 439 g/mol. The van der Waals surface area contributed by atoms with Crippen LogP contribution in [-0.4, -0.2) is 21.9 Å². The highest BCUT2D eigenvalue weighted by molar-refractivity contribution is 9.10. The lowest BCUT2D eigenvalue weighted by Gasteiger charge is -2.15. The normalized spacial score (nSPS) is 12.3. The smallest absolute Gasteiger partial charge is 0.199 e. The molecule has 4 aromatic rings. The number of fused-ring (bicyclic) bond motifs is 1. The second kappa shape index (κ2) is 7.29. The Hall–Kier alpha value is -2.44. The van der Waals surface area contributed by atoms with Gasteiger partial charge in [-0.3, -0.25) is 9.67 Å². The molecule has 4 nitrogen and oxygen atoms in total. The van der Waals surface area contributed by atoms with E-state index >= 15 is 0 Å². The number of benzene rings is 3. The van der Waals surface area contributed by atoms with E-state index in [4.69, 9.17) is 17.0 Å². The third kappa shape index (κ3) is 3.42. The SMILES string of the molecule is COc1ccc2cc(C(C)c3n[nH]c(=S)n3-c3ccc(Br)cc3)ccc2c1. The third-order valence-electron chi connectivity index (χ3n) is 4.74. The van der Waals surface area contributed by atoms with E-state index in [1.54, 1.807) is 7.11 Å². The number of rotatable bonds is 4. The average molecular weight is 440 g/mol. The van der Waals surface area contributed by atoms with Gasteiger partial charge in [0.1, 0.15) is 11.6 Å². The zero-order valence-corrected chi connectivity index (χ0v) is 17.3. The van der Waals surface area contributed by atoms with Crippen LogP contribution < -0.4 is 4.74 Å². The van der Waals surface area contributed by atoms with Crippen LogP contribution in [0.3, 0.4) is 0 Å². The van der Waals surface area contributed by atoms with Crippen molar-refractivity contribution in [2.24, 2.45) is 0 Å². The number of aromatic amines is 1. The van der Waals surface area contributed by atoms with E-state index in [0.29, 0.717) is 4.77 Å². The number of methoxy groups -OCH3 is 1. The summed E-state index contributed by atoms with van der Waals surface area (Å²) in [5, 5.41) is 9.77. The standard InChI is InChI=1S/C21H18BrN3OS/c1-13(14-3-4-16-12-19(26-2)10-5-15(16)11-14)20-23-24-21(27)25(20)18-8-6-17(22)7-9-18/h3-13H,1-2H3,(H,24,27). The molecule has 1 N–H and O–H groups in total. The van der Waals surface area contributed by atoms with Gasteiger partial charge in [-0.2, -0.15) is 5.10 Å². The van der Waals surface area contributed by atoms with E-state index < -0.39 is 0 Å². The fraction of sp³-hybridized carbons (Fsp3) is 0.143. The first-order valence-corrected chi connectivity index (χ1v) is 9.78. The molecule has 1 atom stereocenters. The molecule has 1 heterocycles. The van der Waals surface area contributed by atoms with Crippen molar-refractivity contribution in [3.63, 3.8) is 0 Å². The van der Waals surface area contributed by atoms with Crippen LogP contribution in [0.5, 0.6) is 5.75 Å². The summed E-state index contributed by atoms with van der Waals surface area (Å²) in [4.78, 5) is 0. The number of halogens is 1. The van der Waals surface area contributed by atoms with Gasteiger partial charge < -0.3 is 4.74 Å². The van der Waals surface area contributed by atoms with Crippen molar-refractivity contribution in [2.75, 3.05) is 7.11 Å². The highest BCUT2D eigenvalue weighted by Gasteiger charge is 2.18. The Bertz CT molecular complexity index is 1160. The van der Waals surface area contributed by atoms with Crippen molar-refractivity contribution in [2.45, 2.75) is 12.8 Å². The zero-order valence-electron chi connectivity index (χ0n) is 14.9. The lowest BCUT2D eigenvalue weighted by molar-refractivity contribution is 0.415. The van der Waals surface area contributed by atoms with Crippen LogP contribution in [0, 0.1) is 4.77 Å². The quantitative estimate of drug-likeness (QED) is 0.396. The molecule has 0 amide bonds. The van der Waals surface area contributed by atoms with Gasteiger partial charge in [-0.1, -0.05) is 47.1 Å². The number of hydrogen-bond donors (Lipinski definition) is 1. The Morgan fingerprint density at radius 2 is 1.74 bits per heavy atom. The molecule has 1 aromatic heterocycles. The van der Waals surface area contributed by atoms with Crippen LogP contribution in [-0.2, 0) is 0 Å². The molecular weight excluding hydrogens is 422 g/mol. The molecule has 0 aliphatic carbocycles. The van der Waals surface area contributed by atoms with Gasteiger partial charge in [0.25, 0.3) is 0 Å². The summed E-state index contributed by atoms with van der Waals surface area (Å²) in [5.74, 6) is 1.82. The molecule has 0 saturated heterocycles. The maximum atomic E-state index is 5.48. The van der Waals surface area contributed by atoms with Gasteiger partial charge in [0.05, 0.1) is 7.11 Å². The molecule has 0 fully saturated rings. The Kier molecular flexibility index (Phi) is 4.85. The fourth-order valence-electron chi connectivity index (χ4n) is 3.23. The van der Waals surface area contributed by atoms with Gasteiger partial charge in [0.15, 0.2) is 4.77 Å². The lowest BCUT2D eigenvalue weighted by Crippen LogP contribution is -2.07. The van der Waals surface area contributed by atoms with Gasteiger partial charge >= 0.3 is 0 Å². The predicted molar refractivity (Wildman–Crippen MR) is 114 cm³/mol. The molecular formula is C21H18BrN3OS. The van der Waals surface area contributed by atoms with Crippen molar-refractivity contribution in [3.05, 3.63) is 81.3 Å². The molecule has 6 heteroatoms. The van der Waals surface area contributed by atoms with Crippen LogP contribution >= 0.6 is 28.1 Å². The van der Waals surface area contributed by atoms with Crippen LogP contribution in [0.25, 0.3) is 16.5 Å². The molecule has 0 bridgehead atoms. The van der Waals surface area contributed by atoms with E-state index in [9.17, 15) is 0 Å². The molecule has 136 valence electrons. The highest BCUT2D eigenvalue weighted by atomic mass is 79.9. The predicted octanol–water partition coefficient (Wildman–Crippen LogP) is 6.01. The van der Waals surface area contributed by atoms with Gasteiger partial charge in [-0.15, -0.1) is 0 Å². The van der Waals surface area contributed by atoms with Crippen molar-refractivity contribution >= 4 is 38.9 Å². The minimum atomic E-state index is 0.0769. The number of hydrogen-bond acceptors (Lipinski definition) is 3. The topological polar surface area (TPSA) is 42.8 Å². The highest BCUT2D eigenvalue weighted by Crippen LogP contribution is 2.29. The third-order valence-corrected chi connectivity index (χ3v) is 5.54. The molecule has 1 unspecified atom stereocenters. The van der Waals surface area contributed by atoms with Crippen molar-refractivity contribution in [1.82, 2.24) is 14.8 Å². The Morgan fingerprint density at radius 3 is 2.48 bits per heavy atom. The van der Waals surface area contributed by atoms with E-state index in [2.05, 4.69) is 57.3 Å². The summed E-state index contributed by atoms with van der Waals surface area (Å²) in [6.07, 6.45) is 0. The second-order valence-corrected chi connectivity index (χ2v) is 7.70. The van der Waals surface area contributed by atoms with Gasteiger partial charge in [-0.25, -0.2) is 0 Å². The zero-order chi connectivity index (χ0) is 19.0. The van der Waals surface area contributed by atoms with Gasteiger partial charge in [0, 0.05) is 16.1 Å². The van der Waals surface area contributed by atoms with Crippen LogP contribution in [0.1, 0.15) is 24.2 Å². The molecule has 0 spiro atoms. The Morgan fingerprint density at radius 1 is 1.04 bits per heavy atom. The van der Waals surface area contributed by atoms with E-state index in [1.807, 2.05) is 41.0 Å². The minimum absolute atomic E-state index is 0.0769. The summed E-state index contributed by atoms with van der Waals surface area (Å²) in [7, 11) is 1.68. The Labute approximate surface area is 170 Å². The van der Waals surface area contributed by atoms with Gasteiger partial charge in [-0.05, 0) is 65.0 Å². The molecule has 27 heavy (non-hydrogen) atoms. The molecule has 0 saturated carbocycles. The average Bonchev–Trinajstić information content (AvgIpc) is 3.08. The summed E-state index contributed by atoms with van der Waals surface area (Å²) in [6, 6.07) is 20.6. The van der Waals surface area contributed by atoms with E-state index in [-0.39, 0.29) is 5.92 Å². The first-order valence-electron chi connectivity index (χ1n) is 8.58. The summed E-state index contributed by atoms with van der Waals surface area (Å²) in [6.45, 7) is 2.14. The molecule has 0 aliphatic heterocycles. The van der Waals surface area contributed by atoms with Crippen LogP contribution in [0.15, 0.2) is 65.1 Å². The second-order valence-electron chi connectivity index (χ2n) is 6.39. The van der Waals surface area contributed by atoms with E-state index in [0.717, 1.165) is 27.1 Å². The Balaban J connectivity index is 1.77. The van der Waals surface area contributed by atoms with Crippen LogP contribution in [0.2, 0.25) is 0 Å². The van der Waals surface area contributed by atoms with Crippen molar-refractivity contribution in [3.8, 4) is 11.4 Å². The van der Waals surface area contributed by atoms with Crippen molar-refractivity contribution < 1.29 is 4.74 Å². The molecule has 3 aromatic carbocycles. The number of aromatic nitrogens is 3. The lowest BCUT2D eigenvalue weighted by atomic mass is 9.97. The van der Waals surface area contributed by atoms with E-state index in [1.165, 1.54) is 10.9 Å².